The van der Waals surface area contributed by atoms with E-state index < -0.39 is 12.0 Å². The number of rotatable bonds is 46. The van der Waals surface area contributed by atoms with Gasteiger partial charge in [-0.1, -0.05) is 0 Å². The van der Waals surface area contributed by atoms with Crippen molar-refractivity contribution in [3.05, 3.63) is 0 Å². The zero-order valence-corrected chi connectivity index (χ0v) is 35.3. The maximum Gasteiger partial charge on any atom is 0.328 e. The highest BCUT2D eigenvalue weighted by Crippen LogP contribution is 2.04. The van der Waals surface area contributed by atoms with Crippen molar-refractivity contribution in [2.45, 2.75) is 44.6 Å². The molecule has 0 spiro atoms. The van der Waals surface area contributed by atoms with Crippen molar-refractivity contribution in [2.75, 3.05) is 180 Å². The summed E-state index contributed by atoms with van der Waals surface area (Å²) in [4.78, 5) is 40.3. The molecule has 20 nitrogen and oxygen atoms in total. The molecule has 0 saturated carbocycles. The van der Waals surface area contributed by atoms with Crippen molar-refractivity contribution in [2.24, 2.45) is 10.7 Å². The minimum atomic E-state index is -0.797. The van der Waals surface area contributed by atoms with Gasteiger partial charge in [0, 0.05) is 46.6 Å². The zero-order valence-electron chi connectivity index (χ0n) is 35.3. The summed E-state index contributed by atoms with van der Waals surface area (Å²) in [6, 6.07) is -0.797. The van der Waals surface area contributed by atoms with Crippen molar-refractivity contribution in [1.29, 1.82) is 0 Å². The Labute approximate surface area is 345 Å². The standard InChI is InChI=1S/C38H74N4O16/c1-40-38(39)41-10-4-7-35(37(45)47-3)42-36(44)9-8-34(43)6-5-11-48-14-15-50-18-19-52-22-23-54-26-27-56-30-31-58-33-32-57-29-28-55-25-24-53-21-20-51-17-16-49-13-12-46-2/h35H,4-33H2,1-3H3,(H,42,44)(H3,39,40,41)/t35-/m0/s1. The summed E-state index contributed by atoms with van der Waals surface area (Å²) < 4.78 is 69.7. The molecule has 20 heteroatoms. The van der Waals surface area contributed by atoms with Crippen LogP contribution in [0.4, 0.5) is 0 Å². The van der Waals surface area contributed by atoms with Crippen LogP contribution in [0.1, 0.15) is 38.5 Å². The smallest absolute Gasteiger partial charge is 0.328 e. The number of Topliss-reactive ketones (excluding diaryl/α,β-unsaturated/α-hetero) is 1. The molecule has 0 aliphatic carbocycles. The summed E-state index contributed by atoms with van der Waals surface area (Å²) in [6.07, 6.45) is 1.84. The number of ether oxygens (including phenoxy) is 13. The van der Waals surface area contributed by atoms with Crippen LogP contribution in [0.2, 0.25) is 0 Å². The fourth-order valence-electron chi connectivity index (χ4n) is 4.45. The number of aliphatic imine (C=N–C) groups is 1. The van der Waals surface area contributed by atoms with Crippen molar-refractivity contribution in [3.8, 4) is 0 Å². The van der Waals surface area contributed by atoms with E-state index in [2.05, 4.69) is 15.6 Å². The van der Waals surface area contributed by atoms with E-state index in [0.717, 1.165) is 0 Å². The number of esters is 1. The molecule has 0 rings (SSSR count). The highest BCUT2D eigenvalue weighted by atomic mass is 16.6. The van der Waals surface area contributed by atoms with Gasteiger partial charge in [0.05, 0.1) is 152 Å². The fraction of sp³-hybridized carbons (Fsp3) is 0.895. The first-order valence-electron chi connectivity index (χ1n) is 20.1. The van der Waals surface area contributed by atoms with E-state index in [-0.39, 0.29) is 24.5 Å². The largest absolute Gasteiger partial charge is 0.467 e. The average Bonchev–Trinajstić information content (AvgIpc) is 3.23. The lowest BCUT2D eigenvalue weighted by molar-refractivity contribution is -0.145. The average molecular weight is 843 g/mol. The number of hydrogen-bond donors (Lipinski definition) is 3. The van der Waals surface area contributed by atoms with Gasteiger partial charge in [0.2, 0.25) is 5.91 Å². The van der Waals surface area contributed by atoms with E-state index in [4.69, 9.17) is 67.3 Å². The van der Waals surface area contributed by atoms with Crippen LogP contribution in [0.5, 0.6) is 0 Å². The number of amides is 1. The van der Waals surface area contributed by atoms with Gasteiger partial charge in [0.1, 0.15) is 11.8 Å². The Morgan fingerprint density at radius 1 is 0.500 bits per heavy atom. The summed E-state index contributed by atoms with van der Waals surface area (Å²) in [7, 11) is 4.46. The molecule has 1 amide bonds. The van der Waals surface area contributed by atoms with Gasteiger partial charge in [0.25, 0.3) is 0 Å². The lowest BCUT2D eigenvalue weighted by Crippen LogP contribution is -2.42. The van der Waals surface area contributed by atoms with E-state index >= 15 is 0 Å². The van der Waals surface area contributed by atoms with Gasteiger partial charge in [0.15, 0.2) is 5.96 Å². The van der Waals surface area contributed by atoms with Crippen molar-refractivity contribution >= 4 is 23.6 Å². The topological polar surface area (TPSA) is 234 Å². The molecule has 0 aromatic carbocycles. The minimum Gasteiger partial charge on any atom is -0.467 e. The zero-order chi connectivity index (χ0) is 42.4. The fourth-order valence-corrected chi connectivity index (χ4v) is 4.45. The molecule has 0 radical (unpaired) electrons. The van der Waals surface area contributed by atoms with Gasteiger partial charge in [-0.2, -0.15) is 0 Å². The van der Waals surface area contributed by atoms with Crippen LogP contribution in [0, 0.1) is 0 Å². The molecule has 0 fully saturated rings. The number of carbonyl (C=O) groups excluding carboxylic acids is 3. The lowest BCUT2D eigenvalue weighted by atomic mass is 10.1. The summed E-state index contributed by atoms with van der Waals surface area (Å²) in [5.74, 6) is -0.682. The van der Waals surface area contributed by atoms with Gasteiger partial charge in [-0.05, 0) is 19.3 Å². The van der Waals surface area contributed by atoms with E-state index in [0.29, 0.717) is 190 Å². The van der Waals surface area contributed by atoms with Crippen molar-refractivity contribution in [1.82, 2.24) is 10.6 Å². The van der Waals surface area contributed by atoms with Crippen LogP contribution >= 0.6 is 0 Å². The maximum absolute atomic E-state index is 12.3. The number of ketones is 1. The highest BCUT2D eigenvalue weighted by molar-refractivity contribution is 5.88. The molecule has 0 heterocycles. The van der Waals surface area contributed by atoms with Gasteiger partial charge in [-0.3, -0.25) is 14.6 Å². The van der Waals surface area contributed by atoms with Gasteiger partial charge in [-0.25, -0.2) is 4.79 Å². The van der Waals surface area contributed by atoms with Crippen LogP contribution in [0.15, 0.2) is 4.99 Å². The molecule has 0 aromatic rings. The van der Waals surface area contributed by atoms with Crippen LogP contribution in [-0.2, 0) is 76.0 Å². The summed E-state index contributed by atoms with van der Waals surface area (Å²) >= 11 is 0. The quantitative estimate of drug-likeness (QED) is 0.0315. The molecule has 0 aliphatic heterocycles. The monoisotopic (exact) mass is 843 g/mol. The van der Waals surface area contributed by atoms with Crippen LogP contribution in [-0.4, -0.2) is 209 Å². The number of methoxy groups -OCH3 is 2. The minimum absolute atomic E-state index is 0.00547. The Morgan fingerprint density at radius 3 is 1.21 bits per heavy atom. The molecule has 0 unspecified atom stereocenters. The molecule has 4 N–H and O–H groups in total. The Kier molecular flexibility index (Phi) is 43.4. The molecule has 58 heavy (non-hydrogen) atoms. The van der Waals surface area contributed by atoms with E-state index in [1.807, 2.05) is 0 Å². The SMILES string of the molecule is CN=C(N)NCCC[C@H](NC(=O)CCC(=O)CCCOCCOCCOCCOCCOCCOCCOCCOCCOCCOCCOCCOC)C(=O)OC. The van der Waals surface area contributed by atoms with Gasteiger partial charge < -0.3 is 77.9 Å². The molecule has 342 valence electrons. The first-order chi connectivity index (χ1) is 28.4. The second-order valence-electron chi connectivity index (χ2n) is 12.2. The lowest BCUT2D eigenvalue weighted by Gasteiger charge is -2.16. The highest BCUT2D eigenvalue weighted by Gasteiger charge is 2.21. The third kappa shape index (κ3) is 41.6. The first-order valence-corrected chi connectivity index (χ1v) is 20.1. The number of hydrogen-bond acceptors (Lipinski definition) is 17. The Balaban J connectivity index is 3.36. The predicted octanol–water partition coefficient (Wildman–Crippen LogP) is -0.0830. The number of nitrogens with one attached hydrogen (secondary N) is 2. The van der Waals surface area contributed by atoms with Gasteiger partial charge >= 0.3 is 5.97 Å². The summed E-state index contributed by atoms with van der Waals surface area (Å²) in [5, 5.41) is 5.53. The molecular formula is C38H74N4O16. The number of guanidine groups is 1. The Hall–Kier alpha value is -2.60. The number of carbonyl (C=O) groups is 3. The molecule has 0 saturated heterocycles. The van der Waals surface area contributed by atoms with Crippen molar-refractivity contribution < 1.29 is 76.0 Å². The van der Waals surface area contributed by atoms with Crippen molar-refractivity contribution in [3.63, 3.8) is 0 Å². The molecule has 0 aromatic heterocycles. The Morgan fingerprint density at radius 2 is 0.862 bits per heavy atom. The molecule has 1 atom stereocenters. The molecule has 0 bridgehead atoms. The summed E-state index contributed by atoms with van der Waals surface area (Å²) in [5.41, 5.74) is 5.58. The Bertz CT molecular complexity index is 969. The maximum atomic E-state index is 12.3. The third-order valence-electron chi connectivity index (χ3n) is 7.56. The van der Waals surface area contributed by atoms with Crippen LogP contribution in [0.25, 0.3) is 0 Å². The van der Waals surface area contributed by atoms with Gasteiger partial charge in [-0.15, -0.1) is 0 Å². The number of nitrogens with zero attached hydrogens (tertiary/aromatic N) is 1. The third-order valence-corrected chi connectivity index (χ3v) is 7.56. The van der Waals surface area contributed by atoms with E-state index in [1.165, 1.54) is 7.11 Å². The second kappa shape index (κ2) is 45.5. The van der Waals surface area contributed by atoms with Crippen LogP contribution in [0.3, 0.4) is 0 Å². The molecule has 0 aliphatic rings. The molecular weight excluding hydrogens is 768 g/mol. The predicted molar refractivity (Wildman–Crippen MR) is 213 cm³/mol. The van der Waals surface area contributed by atoms with E-state index in [1.54, 1.807) is 14.2 Å². The summed E-state index contributed by atoms with van der Waals surface area (Å²) in [6.45, 7) is 11.6. The normalized spacial score (nSPS) is 12.2. The van der Waals surface area contributed by atoms with E-state index in [9.17, 15) is 14.4 Å². The first kappa shape index (κ1) is 55.4. The van der Waals surface area contributed by atoms with Crippen LogP contribution < -0.4 is 16.4 Å². The second-order valence-corrected chi connectivity index (χ2v) is 12.2. The number of nitrogens with two attached hydrogens (primary N) is 1.